The smallest absolute Gasteiger partial charge is 0.222 e. The standard InChI is InChI=1S/C25H26ClN3O/c26-22-12-5-10-20(17-22)24-25(28-15-14-27-24)21-11-6-16-29(18-21)23(30)13-4-9-19-7-2-1-3-8-19/h1-3,5,7-8,10,12,14-15,17,21H,4,6,9,11,13,16,18H2/t21-/m0/s1. The molecular weight excluding hydrogens is 394 g/mol. The molecule has 4 rings (SSSR count). The van der Waals surface area contributed by atoms with Crippen molar-refractivity contribution in [2.45, 2.75) is 38.0 Å². The number of aryl methyl sites for hydroxylation is 1. The molecule has 0 aliphatic carbocycles. The SMILES string of the molecule is O=C(CCCc1ccccc1)N1CCC[C@H](c2nccnc2-c2cccc(Cl)c2)C1. The zero-order chi connectivity index (χ0) is 20.8. The number of halogens is 1. The molecule has 0 bridgehead atoms. The largest absolute Gasteiger partial charge is 0.342 e. The Morgan fingerprint density at radius 2 is 1.90 bits per heavy atom. The summed E-state index contributed by atoms with van der Waals surface area (Å²) in [4.78, 5) is 24.1. The third kappa shape index (κ3) is 5.06. The van der Waals surface area contributed by atoms with E-state index in [2.05, 4.69) is 22.1 Å². The van der Waals surface area contributed by atoms with Gasteiger partial charge in [0.1, 0.15) is 0 Å². The molecule has 1 aromatic heterocycles. The molecule has 1 atom stereocenters. The van der Waals surface area contributed by atoms with E-state index in [0.29, 0.717) is 18.0 Å². The van der Waals surface area contributed by atoms with Gasteiger partial charge in [0, 0.05) is 48.4 Å². The van der Waals surface area contributed by atoms with Gasteiger partial charge in [0.05, 0.1) is 11.4 Å². The second-order valence-electron chi connectivity index (χ2n) is 7.82. The van der Waals surface area contributed by atoms with Crippen LogP contribution in [-0.4, -0.2) is 33.9 Å². The van der Waals surface area contributed by atoms with Gasteiger partial charge in [-0.2, -0.15) is 0 Å². The molecule has 2 aromatic carbocycles. The van der Waals surface area contributed by atoms with E-state index in [1.165, 1.54) is 5.56 Å². The maximum absolute atomic E-state index is 12.8. The van der Waals surface area contributed by atoms with Crippen LogP contribution in [0.3, 0.4) is 0 Å². The number of hydrogen-bond acceptors (Lipinski definition) is 3. The van der Waals surface area contributed by atoms with Crippen LogP contribution in [0.25, 0.3) is 11.3 Å². The first-order valence-electron chi connectivity index (χ1n) is 10.6. The Morgan fingerprint density at radius 3 is 2.73 bits per heavy atom. The van der Waals surface area contributed by atoms with Crippen LogP contribution in [0.2, 0.25) is 5.02 Å². The first-order valence-corrected chi connectivity index (χ1v) is 11.0. The molecule has 5 heteroatoms. The molecular formula is C25H26ClN3O. The highest BCUT2D eigenvalue weighted by Gasteiger charge is 2.27. The van der Waals surface area contributed by atoms with E-state index < -0.39 is 0 Å². The van der Waals surface area contributed by atoms with E-state index in [-0.39, 0.29) is 11.8 Å². The Kier molecular flexibility index (Phi) is 6.75. The quantitative estimate of drug-likeness (QED) is 0.528. The summed E-state index contributed by atoms with van der Waals surface area (Å²) in [6.45, 7) is 1.53. The zero-order valence-electron chi connectivity index (χ0n) is 17.0. The first-order chi connectivity index (χ1) is 14.7. The van der Waals surface area contributed by atoms with Gasteiger partial charge in [-0.15, -0.1) is 0 Å². The van der Waals surface area contributed by atoms with Gasteiger partial charge in [0.25, 0.3) is 0 Å². The summed E-state index contributed by atoms with van der Waals surface area (Å²) in [7, 11) is 0. The van der Waals surface area contributed by atoms with Crippen molar-refractivity contribution in [2.75, 3.05) is 13.1 Å². The van der Waals surface area contributed by atoms with Crippen LogP contribution >= 0.6 is 11.6 Å². The lowest BCUT2D eigenvalue weighted by Gasteiger charge is -2.33. The molecule has 4 nitrogen and oxygen atoms in total. The number of aromatic nitrogens is 2. The predicted molar refractivity (Wildman–Crippen MR) is 120 cm³/mol. The predicted octanol–water partition coefficient (Wildman–Crippen LogP) is 5.53. The summed E-state index contributed by atoms with van der Waals surface area (Å²) >= 11 is 6.19. The van der Waals surface area contributed by atoms with Crippen LogP contribution in [0.15, 0.2) is 67.0 Å². The Hall–Kier alpha value is -2.72. The Bertz CT molecular complexity index is 992. The fraction of sp³-hybridized carbons (Fsp3) is 0.320. The second kappa shape index (κ2) is 9.86. The van der Waals surface area contributed by atoms with E-state index in [9.17, 15) is 4.79 Å². The van der Waals surface area contributed by atoms with Gasteiger partial charge in [-0.3, -0.25) is 14.8 Å². The number of piperidine rings is 1. The van der Waals surface area contributed by atoms with Crippen LogP contribution in [0, 0.1) is 0 Å². The molecule has 0 radical (unpaired) electrons. The van der Waals surface area contributed by atoms with Crippen molar-refractivity contribution in [3.8, 4) is 11.3 Å². The number of carbonyl (C=O) groups is 1. The second-order valence-corrected chi connectivity index (χ2v) is 8.26. The van der Waals surface area contributed by atoms with E-state index in [1.807, 2.05) is 47.4 Å². The maximum Gasteiger partial charge on any atom is 0.222 e. The van der Waals surface area contributed by atoms with Crippen molar-refractivity contribution in [3.63, 3.8) is 0 Å². The number of benzene rings is 2. The van der Waals surface area contributed by atoms with Gasteiger partial charge < -0.3 is 4.90 Å². The van der Waals surface area contributed by atoms with Crippen molar-refractivity contribution in [2.24, 2.45) is 0 Å². The minimum Gasteiger partial charge on any atom is -0.342 e. The fourth-order valence-electron chi connectivity index (χ4n) is 4.18. The molecule has 154 valence electrons. The maximum atomic E-state index is 12.8. The van der Waals surface area contributed by atoms with Crippen LogP contribution in [0.1, 0.15) is 42.9 Å². The summed E-state index contributed by atoms with van der Waals surface area (Å²) in [5, 5.41) is 0.683. The number of rotatable bonds is 6. The van der Waals surface area contributed by atoms with Crippen LogP contribution < -0.4 is 0 Å². The number of likely N-dealkylation sites (tertiary alicyclic amines) is 1. The van der Waals surface area contributed by atoms with Crippen molar-refractivity contribution < 1.29 is 4.79 Å². The highest BCUT2D eigenvalue weighted by Crippen LogP contribution is 2.32. The lowest BCUT2D eigenvalue weighted by molar-refractivity contribution is -0.132. The third-order valence-electron chi connectivity index (χ3n) is 5.68. The first kappa shape index (κ1) is 20.5. The molecule has 1 aliphatic rings. The van der Waals surface area contributed by atoms with Crippen molar-refractivity contribution >= 4 is 17.5 Å². The van der Waals surface area contributed by atoms with Gasteiger partial charge in [-0.25, -0.2) is 0 Å². The van der Waals surface area contributed by atoms with Gasteiger partial charge in [-0.1, -0.05) is 54.1 Å². The Morgan fingerprint density at radius 1 is 1.07 bits per heavy atom. The number of hydrogen-bond donors (Lipinski definition) is 0. The van der Waals surface area contributed by atoms with E-state index in [4.69, 9.17) is 11.6 Å². The van der Waals surface area contributed by atoms with Crippen molar-refractivity contribution in [3.05, 3.63) is 83.3 Å². The molecule has 1 amide bonds. The topological polar surface area (TPSA) is 46.1 Å². The number of carbonyl (C=O) groups excluding carboxylic acids is 1. The molecule has 2 heterocycles. The Balaban J connectivity index is 1.42. The van der Waals surface area contributed by atoms with Crippen LogP contribution in [0.5, 0.6) is 0 Å². The summed E-state index contributed by atoms with van der Waals surface area (Å²) in [6.07, 6.45) is 7.86. The molecule has 1 fully saturated rings. The Labute approximate surface area is 182 Å². The molecule has 1 saturated heterocycles. The molecule has 0 unspecified atom stereocenters. The van der Waals surface area contributed by atoms with Crippen LogP contribution in [-0.2, 0) is 11.2 Å². The highest BCUT2D eigenvalue weighted by molar-refractivity contribution is 6.30. The minimum atomic E-state index is 0.194. The van der Waals surface area contributed by atoms with E-state index >= 15 is 0 Å². The summed E-state index contributed by atoms with van der Waals surface area (Å²) in [6, 6.07) is 18.1. The van der Waals surface area contributed by atoms with Crippen LogP contribution in [0.4, 0.5) is 0 Å². The average Bonchev–Trinajstić information content (AvgIpc) is 2.80. The van der Waals surface area contributed by atoms with Gasteiger partial charge in [-0.05, 0) is 43.4 Å². The monoisotopic (exact) mass is 419 g/mol. The fourth-order valence-corrected chi connectivity index (χ4v) is 4.37. The van der Waals surface area contributed by atoms with Crippen molar-refractivity contribution in [1.82, 2.24) is 14.9 Å². The third-order valence-corrected chi connectivity index (χ3v) is 5.92. The average molecular weight is 420 g/mol. The molecule has 1 aliphatic heterocycles. The summed E-state index contributed by atoms with van der Waals surface area (Å²) < 4.78 is 0. The van der Waals surface area contributed by atoms with Gasteiger partial charge in [0.15, 0.2) is 0 Å². The molecule has 3 aromatic rings. The lowest BCUT2D eigenvalue weighted by atomic mass is 9.91. The minimum absolute atomic E-state index is 0.194. The number of amides is 1. The highest BCUT2D eigenvalue weighted by atomic mass is 35.5. The number of nitrogens with zero attached hydrogens (tertiary/aromatic N) is 3. The zero-order valence-corrected chi connectivity index (χ0v) is 17.8. The van der Waals surface area contributed by atoms with Gasteiger partial charge in [0.2, 0.25) is 5.91 Å². The van der Waals surface area contributed by atoms with E-state index in [1.54, 1.807) is 12.4 Å². The molecule has 30 heavy (non-hydrogen) atoms. The molecule has 0 N–H and O–H groups in total. The molecule has 0 saturated carbocycles. The van der Waals surface area contributed by atoms with Gasteiger partial charge >= 0.3 is 0 Å². The molecule has 0 spiro atoms. The van der Waals surface area contributed by atoms with E-state index in [0.717, 1.165) is 49.2 Å². The lowest BCUT2D eigenvalue weighted by Crippen LogP contribution is -2.39. The van der Waals surface area contributed by atoms with Crippen molar-refractivity contribution in [1.29, 1.82) is 0 Å². The summed E-state index contributed by atoms with van der Waals surface area (Å²) in [5.74, 6) is 0.434. The summed E-state index contributed by atoms with van der Waals surface area (Å²) in [5.41, 5.74) is 4.08. The normalized spacial score (nSPS) is 16.4.